The summed E-state index contributed by atoms with van der Waals surface area (Å²) in [6.45, 7) is 0. The summed E-state index contributed by atoms with van der Waals surface area (Å²) in [6, 6.07) is 5.68. The highest BCUT2D eigenvalue weighted by Crippen LogP contribution is 2.23. The van der Waals surface area contributed by atoms with E-state index in [1.165, 1.54) is 0 Å². The van der Waals surface area contributed by atoms with Crippen molar-refractivity contribution >= 4 is 28.4 Å². The number of hydrogen-bond acceptors (Lipinski definition) is 4. The smallest absolute Gasteiger partial charge is 0.117 e. The molecule has 0 spiro atoms. The first-order valence-electron chi connectivity index (χ1n) is 3.85. The molecule has 3 nitrogen and oxygen atoms in total. The largest absolute Gasteiger partial charge is 0.399 e. The van der Waals surface area contributed by atoms with E-state index in [0.717, 1.165) is 21.6 Å². The highest BCUT2D eigenvalue weighted by molar-refractivity contribution is 7.98. The van der Waals surface area contributed by atoms with Crippen molar-refractivity contribution in [1.29, 1.82) is 0 Å². The van der Waals surface area contributed by atoms with Gasteiger partial charge in [-0.2, -0.15) is 0 Å². The Morgan fingerprint density at radius 3 is 2.92 bits per heavy atom. The summed E-state index contributed by atoms with van der Waals surface area (Å²) in [6.07, 6.45) is 3.56. The molecule has 1 aromatic carbocycles. The number of fused-ring (bicyclic) bond motifs is 1. The van der Waals surface area contributed by atoms with Crippen LogP contribution in [0.3, 0.4) is 0 Å². The summed E-state index contributed by atoms with van der Waals surface area (Å²) in [7, 11) is 0. The van der Waals surface area contributed by atoms with Crippen molar-refractivity contribution in [2.24, 2.45) is 0 Å². The van der Waals surface area contributed by atoms with Gasteiger partial charge < -0.3 is 5.73 Å². The van der Waals surface area contributed by atoms with Gasteiger partial charge in [-0.25, -0.2) is 9.97 Å². The summed E-state index contributed by atoms with van der Waals surface area (Å²) in [5.41, 5.74) is 7.28. The monoisotopic (exact) mass is 191 g/mol. The number of nitrogen functional groups attached to an aromatic ring is 1. The summed E-state index contributed by atoms with van der Waals surface area (Å²) in [5, 5.41) is 2.05. The topological polar surface area (TPSA) is 51.8 Å². The van der Waals surface area contributed by atoms with E-state index in [4.69, 9.17) is 5.73 Å². The third-order valence-electron chi connectivity index (χ3n) is 1.82. The lowest BCUT2D eigenvalue weighted by molar-refractivity contribution is 1.10. The molecule has 0 radical (unpaired) electrons. The van der Waals surface area contributed by atoms with Crippen LogP contribution < -0.4 is 5.73 Å². The summed E-state index contributed by atoms with van der Waals surface area (Å²) >= 11 is 1.61. The lowest BCUT2D eigenvalue weighted by atomic mass is 10.2. The predicted molar refractivity (Wildman–Crippen MR) is 55.7 cm³/mol. The molecule has 0 unspecified atom stereocenters. The SMILES string of the molecule is CSc1ncnc2cc(N)ccc12. The predicted octanol–water partition coefficient (Wildman–Crippen LogP) is 1.93. The van der Waals surface area contributed by atoms with Crippen LogP contribution in [0, 0.1) is 0 Å². The molecule has 13 heavy (non-hydrogen) atoms. The second-order valence-corrected chi connectivity index (χ2v) is 3.45. The molecule has 4 heteroatoms. The fraction of sp³-hybridized carbons (Fsp3) is 0.111. The summed E-state index contributed by atoms with van der Waals surface area (Å²) in [4.78, 5) is 8.31. The van der Waals surface area contributed by atoms with E-state index in [-0.39, 0.29) is 0 Å². The van der Waals surface area contributed by atoms with Gasteiger partial charge in [-0.3, -0.25) is 0 Å². The Labute approximate surface area is 80.4 Å². The first kappa shape index (κ1) is 8.31. The number of thioether (sulfide) groups is 1. The van der Waals surface area contributed by atoms with Crippen LogP contribution in [0.15, 0.2) is 29.6 Å². The van der Waals surface area contributed by atoms with E-state index in [9.17, 15) is 0 Å². The number of benzene rings is 1. The molecule has 0 saturated carbocycles. The van der Waals surface area contributed by atoms with Crippen molar-refractivity contribution in [3.8, 4) is 0 Å². The third kappa shape index (κ3) is 1.45. The van der Waals surface area contributed by atoms with Crippen molar-refractivity contribution in [3.63, 3.8) is 0 Å². The molecule has 0 aliphatic rings. The lowest BCUT2D eigenvalue weighted by Gasteiger charge is -2.01. The zero-order chi connectivity index (χ0) is 9.26. The third-order valence-corrected chi connectivity index (χ3v) is 2.53. The lowest BCUT2D eigenvalue weighted by Crippen LogP contribution is -1.89. The minimum absolute atomic E-state index is 0.734. The number of nitrogens with zero attached hydrogens (tertiary/aromatic N) is 2. The second kappa shape index (κ2) is 3.22. The molecule has 0 atom stereocenters. The maximum Gasteiger partial charge on any atom is 0.117 e. The average molecular weight is 191 g/mol. The van der Waals surface area contributed by atoms with Crippen LogP contribution in [0.25, 0.3) is 10.9 Å². The van der Waals surface area contributed by atoms with E-state index in [1.807, 2.05) is 24.5 Å². The maximum atomic E-state index is 5.65. The molecule has 0 aliphatic heterocycles. The minimum atomic E-state index is 0.734. The van der Waals surface area contributed by atoms with Crippen LogP contribution in [0.5, 0.6) is 0 Å². The van der Waals surface area contributed by atoms with Crippen LogP contribution in [0.1, 0.15) is 0 Å². The summed E-state index contributed by atoms with van der Waals surface area (Å²) in [5.74, 6) is 0. The molecule has 0 amide bonds. The molecule has 2 aromatic rings. The molecule has 0 bridgehead atoms. The van der Waals surface area contributed by atoms with Gasteiger partial charge in [0, 0.05) is 11.1 Å². The average Bonchev–Trinajstić information content (AvgIpc) is 2.16. The minimum Gasteiger partial charge on any atom is -0.399 e. The first-order chi connectivity index (χ1) is 6.31. The number of rotatable bonds is 1. The number of anilines is 1. The number of aromatic nitrogens is 2. The Balaban J connectivity index is 2.77. The fourth-order valence-electron chi connectivity index (χ4n) is 1.21. The van der Waals surface area contributed by atoms with Gasteiger partial charge >= 0.3 is 0 Å². The zero-order valence-electron chi connectivity index (χ0n) is 7.19. The normalized spacial score (nSPS) is 10.5. The number of hydrogen-bond donors (Lipinski definition) is 1. The van der Waals surface area contributed by atoms with Gasteiger partial charge in [-0.15, -0.1) is 11.8 Å². The van der Waals surface area contributed by atoms with E-state index in [2.05, 4.69) is 9.97 Å². The molecule has 1 heterocycles. The quantitative estimate of drug-likeness (QED) is 0.425. The van der Waals surface area contributed by atoms with Gasteiger partial charge in [0.2, 0.25) is 0 Å². The van der Waals surface area contributed by atoms with E-state index >= 15 is 0 Å². The Morgan fingerprint density at radius 2 is 2.15 bits per heavy atom. The van der Waals surface area contributed by atoms with Crippen LogP contribution in [-0.2, 0) is 0 Å². The molecule has 66 valence electrons. The second-order valence-electron chi connectivity index (χ2n) is 2.66. The van der Waals surface area contributed by atoms with Crippen molar-refractivity contribution in [2.75, 3.05) is 12.0 Å². The molecule has 0 aliphatic carbocycles. The Kier molecular flexibility index (Phi) is 2.06. The molecular formula is C9H9N3S. The van der Waals surface area contributed by atoms with Crippen LogP contribution in [0.2, 0.25) is 0 Å². The Bertz CT molecular complexity index is 442. The van der Waals surface area contributed by atoms with Gasteiger partial charge in [-0.05, 0) is 24.5 Å². The van der Waals surface area contributed by atoms with E-state index < -0.39 is 0 Å². The van der Waals surface area contributed by atoms with Crippen LogP contribution in [-0.4, -0.2) is 16.2 Å². The van der Waals surface area contributed by atoms with Crippen molar-refractivity contribution in [3.05, 3.63) is 24.5 Å². The Morgan fingerprint density at radius 1 is 1.31 bits per heavy atom. The zero-order valence-corrected chi connectivity index (χ0v) is 8.01. The highest BCUT2D eigenvalue weighted by atomic mass is 32.2. The van der Waals surface area contributed by atoms with Gasteiger partial charge in [0.05, 0.1) is 5.52 Å². The Hall–Kier alpha value is -1.29. The van der Waals surface area contributed by atoms with Crippen LogP contribution >= 0.6 is 11.8 Å². The molecule has 0 fully saturated rings. The molecular weight excluding hydrogens is 182 g/mol. The number of nitrogens with two attached hydrogens (primary N) is 1. The highest BCUT2D eigenvalue weighted by Gasteiger charge is 2.01. The van der Waals surface area contributed by atoms with Gasteiger partial charge in [0.15, 0.2) is 0 Å². The molecule has 2 N–H and O–H groups in total. The molecule has 2 rings (SSSR count). The van der Waals surface area contributed by atoms with E-state index in [1.54, 1.807) is 18.1 Å². The van der Waals surface area contributed by atoms with Crippen molar-refractivity contribution in [2.45, 2.75) is 5.03 Å². The fourth-order valence-corrected chi connectivity index (χ4v) is 1.76. The van der Waals surface area contributed by atoms with Gasteiger partial charge in [0.1, 0.15) is 11.4 Å². The van der Waals surface area contributed by atoms with Crippen LogP contribution in [0.4, 0.5) is 5.69 Å². The van der Waals surface area contributed by atoms with Crippen molar-refractivity contribution < 1.29 is 0 Å². The van der Waals surface area contributed by atoms with Gasteiger partial charge in [-0.1, -0.05) is 0 Å². The standard InChI is InChI=1S/C9H9N3S/c1-13-9-7-3-2-6(10)4-8(7)11-5-12-9/h2-5H,10H2,1H3. The first-order valence-corrected chi connectivity index (χ1v) is 5.08. The van der Waals surface area contributed by atoms with Crippen molar-refractivity contribution in [1.82, 2.24) is 9.97 Å². The van der Waals surface area contributed by atoms with Gasteiger partial charge in [0.25, 0.3) is 0 Å². The molecule has 0 saturated heterocycles. The summed E-state index contributed by atoms with van der Waals surface area (Å²) < 4.78 is 0. The maximum absolute atomic E-state index is 5.65. The van der Waals surface area contributed by atoms with E-state index in [0.29, 0.717) is 0 Å². The molecule has 1 aromatic heterocycles.